The van der Waals surface area contributed by atoms with Crippen LogP contribution in [0.5, 0.6) is 0 Å². The van der Waals surface area contributed by atoms with Crippen molar-refractivity contribution in [1.29, 1.82) is 0 Å². The lowest BCUT2D eigenvalue weighted by Crippen LogP contribution is -2.35. The molecule has 2 amide bonds. The highest BCUT2D eigenvalue weighted by Gasteiger charge is 2.22. The predicted molar refractivity (Wildman–Crippen MR) is 123 cm³/mol. The second kappa shape index (κ2) is 8.66. The first-order valence-electron chi connectivity index (χ1n) is 9.74. The van der Waals surface area contributed by atoms with Crippen LogP contribution in [0.2, 0.25) is 5.02 Å². The molecule has 2 N–H and O–H groups in total. The lowest BCUT2D eigenvalue weighted by atomic mass is 9.92. The maximum Gasteiger partial charge on any atom is 0.333 e. The van der Waals surface area contributed by atoms with Gasteiger partial charge in [-0.1, -0.05) is 69.6 Å². The molecule has 0 spiro atoms. The molecule has 0 atom stereocenters. The summed E-state index contributed by atoms with van der Waals surface area (Å²) in [5, 5.41) is 5.03. The number of hydrogen-bond acceptors (Lipinski definition) is 3. The second-order valence-electron chi connectivity index (χ2n) is 7.84. The first-order valence-corrected chi connectivity index (χ1v) is 11.6. The smallest absolute Gasteiger partial charge is 0.307 e. The monoisotopic (exact) mass is 444 g/mol. The quantitative estimate of drug-likeness (QED) is 0.488. The first-order chi connectivity index (χ1) is 14.1. The molecule has 5 nitrogen and oxygen atoms in total. The number of hydrogen-bond donors (Lipinski definition) is 2. The Kier molecular flexibility index (Phi) is 6.38. The predicted octanol–water partition coefficient (Wildman–Crippen LogP) is 6.25. The molecule has 0 bridgehead atoms. The van der Waals surface area contributed by atoms with Gasteiger partial charge >= 0.3 is 6.03 Å². The zero-order valence-electron chi connectivity index (χ0n) is 17.4. The zero-order valence-corrected chi connectivity index (χ0v) is 18.9. The van der Waals surface area contributed by atoms with Crippen molar-refractivity contribution < 1.29 is 13.2 Å². The summed E-state index contributed by atoms with van der Waals surface area (Å²) in [4.78, 5) is 12.7. The topological polar surface area (TPSA) is 75.3 Å². The number of nitrogens with one attached hydrogen (secondary N) is 2. The number of rotatable bonds is 5. The molecule has 0 fully saturated rings. The Bertz CT molecular complexity index is 1180. The van der Waals surface area contributed by atoms with Gasteiger partial charge in [0.2, 0.25) is 0 Å². The molecule has 0 saturated heterocycles. The number of amides is 2. The fourth-order valence-electron chi connectivity index (χ4n) is 3.36. The largest absolute Gasteiger partial charge is 0.333 e. The van der Waals surface area contributed by atoms with E-state index in [1.807, 2.05) is 52.0 Å². The lowest BCUT2D eigenvalue weighted by molar-refractivity contribution is 0.256. The number of benzene rings is 3. The summed E-state index contributed by atoms with van der Waals surface area (Å²) in [6.45, 7) is 7.96. The molecule has 0 aliphatic rings. The van der Waals surface area contributed by atoms with E-state index >= 15 is 0 Å². The zero-order chi connectivity index (χ0) is 22.1. The molecule has 0 saturated carbocycles. The van der Waals surface area contributed by atoms with Gasteiger partial charge in [0.1, 0.15) is 0 Å². The number of carbonyl (C=O) groups is 1. The average Bonchev–Trinajstić information content (AvgIpc) is 2.67. The lowest BCUT2D eigenvalue weighted by Gasteiger charge is -2.21. The van der Waals surface area contributed by atoms with E-state index in [1.165, 1.54) is 6.07 Å². The van der Waals surface area contributed by atoms with Gasteiger partial charge in [0.05, 0.1) is 4.90 Å². The normalized spacial score (nSPS) is 11.8. The van der Waals surface area contributed by atoms with Crippen LogP contribution in [0.4, 0.5) is 10.5 Å². The SMILES string of the molecule is CC(C)c1cc(Cl)cc(C(C)C)c1NC(=O)NS(=O)(=O)c1ccc2ccccc2c1. The minimum Gasteiger partial charge on any atom is -0.307 e. The molecular weight excluding hydrogens is 420 g/mol. The molecule has 3 rings (SSSR count). The van der Waals surface area contributed by atoms with Crippen LogP contribution in [0, 0.1) is 0 Å². The van der Waals surface area contributed by atoms with E-state index in [1.54, 1.807) is 24.3 Å². The van der Waals surface area contributed by atoms with Crippen molar-refractivity contribution in [3.63, 3.8) is 0 Å². The molecule has 0 heterocycles. The van der Waals surface area contributed by atoms with Gasteiger partial charge in [0.25, 0.3) is 10.0 Å². The molecule has 7 heteroatoms. The van der Waals surface area contributed by atoms with Gasteiger partial charge in [-0.25, -0.2) is 17.9 Å². The van der Waals surface area contributed by atoms with Crippen LogP contribution >= 0.6 is 11.6 Å². The molecular formula is C23H25ClN2O3S. The number of halogens is 1. The van der Waals surface area contributed by atoms with E-state index in [4.69, 9.17) is 11.6 Å². The maximum absolute atomic E-state index is 12.8. The van der Waals surface area contributed by atoms with Crippen molar-refractivity contribution in [2.24, 2.45) is 0 Å². The van der Waals surface area contributed by atoms with Gasteiger partial charge in [-0.2, -0.15) is 0 Å². The van der Waals surface area contributed by atoms with E-state index < -0.39 is 16.1 Å². The summed E-state index contributed by atoms with van der Waals surface area (Å²) in [5.41, 5.74) is 2.30. The minimum atomic E-state index is -4.03. The third-order valence-electron chi connectivity index (χ3n) is 4.90. The highest BCUT2D eigenvalue weighted by molar-refractivity contribution is 7.90. The first kappa shape index (κ1) is 22.1. The number of urea groups is 1. The third kappa shape index (κ3) is 4.77. The van der Waals surface area contributed by atoms with E-state index in [-0.39, 0.29) is 16.7 Å². The molecule has 0 aliphatic carbocycles. The minimum absolute atomic E-state index is 0.0284. The van der Waals surface area contributed by atoms with Crippen LogP contribution in [-0.2, 0) is 10.0 Å². The van der Waals surface area contributed by atoms with Crippen LogP contribution in [0.25, 0.3) is 10.8 Å². The third-order valence-corrected chi connectivity index (χ3v) is 6.45. The van der Waals surface area contributed by atoms with Crippen molar-refractivity contribution in [3.8, 4) is 0 Å². The molecule has 158 valence electrons. The van der Waals surface area contributed by atoms with E-state index in [0.717, 1.165) is 21.9 Å². The number of fused-ring (bicyclic) bond motifs is 1. The molecule has 0 unspecified atom stereocenters. The van der Waals surface area contributed by atoms with Gasteiger partial charge in [-0.15, -0.1) is 0 Å². The summed E-state index contributed by atoms with van der Waals surface area (Å²) in [5.74, 6) is 0.183. The van der Waals surface area contributed by atoms with E-state index in [2.05, 4.69) is 10.0 Å². The Hall–Kier alpha value is -2.57. The fourth-order valence-corrected chi connectivity index (χ4v) is 4.54. The van der Waals surface area contributed by atoms with Gasteiger partial charge in [-0.3, -0.25) is 0 Å². The standard InChI is InChI=1S/C23H25ClN2O3S/c1-14(2)20-12-18(24)13-21(15(3)4)22(20)25-23(27)26-30(28,29)19-10-9-16-7-5-6-8-17(16)11-19/h5-15H,1-4H3,(H2,25,26,27). The number of carbonyl (C=O) groups excluding carboxylic acids is 1. The fraction of sp³-hybridized carbons (Fsp3) is 0.261. The second-order valence-corrected chi connectivity index (χ2v) is 9.96. The Labute approximate surface area is 182 Å². The average molecular weight is 445 g/mol. The van der Waals surface area contributed by atoms with Crippen molar-refractivity contribution in [3.05, 3.63) is 70.7 Å². The van der Waals surface area contributed by atoms with Crippen molar-refractivity contribution in [2.75, 3.05) is 5.32 Å². The van der Waals surface area contributed by atoms with Gasteiger partial charge in [0, 0.05) is 10.7 Å². The highest BCUT2D eigenvalue weighted by Crippen LogP contribution is 2.35. The van der Waals surface area contributed by atoms with Crippen LogP contribution in [0.3, 0.4) is 0 Å². The number of anilines is 1. The van der Waals surface area contributed by atoms with Crippen LogP contribution < -0.4 is 10.0 Å². The Morgan fingerprint density at radius 2 is 1.43 bits per heavy atom. The molecule has 0 radical (unpaired) electrons. The summed E-state index contributed by atoms with van der Waals surface area (Å²) in [6.07, 6.45) is 0. The molecule has 3 aromatic carbocycles. The van der Waals surface area contributed by atoms with Crippen molar-refractivity contribution >= 4 is 44.1 Å². The van der Waals surface area contributed by atoms with Crippen molar-refractivity contribution in [1.82, 2.24) is 4.72 Å². The van der Waals surface area contributed by atoms with Crippen molar-refractivity contribution in [2.45, 2.75) is 44.4 Å². The highest BCUT2D eigenvalue weighted by atomic mass is 35.5. The molecule has 0 aliphatic heterocycles. The van der Waals surface area contributed by atoms with Gasteiger partial charge in [-0.05, 0) is 58.0 Å². The summed E-state index contributed by atoms with van der Waals surface area (Å²) in [7, 11) is -4.03. The van der Waals surface area contributed by atoms with Crippen LogP contribution in [0.15, 0.2) is 59.5 Å². The van der Waals surface area contributed by atoms with Crippen LogP contribution in [-0.4, -0.2) is 14.4 Å². The molecule has 0 aromatic heterocycles. The Balaban J connectivity index is 1.91. The van der Waals surface area contributed by atoms with Gasteiger partial charge in [0.15, 0.2) is 0 Å². The Morgan fingerprint density at radius 1 is 0.867 bits per heavy atom. The van der Waals surface area contributed by atoms with E-state index in [9.17, 15) is 13.2 Å². The molecule has 30 heavy (non-hydrogen) atoms. The summed E-state index contributed by atoms with van der Waals surface area (Å²) < 4.78 is 27.7. The maximum atomic E-state index is 12.8. The van der Waals surface area contributed by atoms with Crippen LogP contribution in [0.1, 0.15) is 50.7 Å². The summed E-state index contributed by atoms with van der Waals surface area (Å²) in [6, 6.07) is 15.0. The summed E-state index contributed by atoms with van der Waals surface area (Å²) >= 11 is 6.26. The molecule has 3 aromatic rings. The van der Waals surface area contributed by atoms with Gasteiger partial charge < -0.3 is 5.32 Å². The Morgan fingerprint density at radius 3 is 2.00 bits per heavy atom. The number of sulfonamides is 1. The van der Waals surface area contributed by atoms with E-state index in [0.29, 0.717) is 10.7 Å².